The van der Waals surface area contributed by atoms with Crippen LogP contribution in [0.15, 0.2) is 41.9 Å². The molecule has 0 spiro atoms. The number of benzene rings is 1. The number of ether oxygens (including phenoxy) is 3. The molecule has 0 bridgehead atoms. The van der Waals surface area contributed by atoms with Gasteiger partial charge in [-0.05, 0) is 12.0 Å². The summed E-state index contributed by atoms with van der Waals surface area (Å²) in [4.78, 5) is 12.5. The zero-order valence-corrected chi connectivity index (χ0v) is 13.0. The predicted molar refractivity (Wildman–Crippen MR) is 79.6 cm³/mol. The van der Waals surface area contributed by atoms with E-state index < -0.39 is 0 Å². The highest BCUT2D eigenvalue weighted by atomic mass is 16.5. The lowest BCUT2D eigenvalue weighted by atomic mass is 9.76. The molecule has 4 nitrogen and oxygen atoms in total. The molecule has 0 saturated heterocycles. The molecule has 0 aromatic heterocycles. The lowest BCUT2D eigenvalue weighted by Crippen LogP contribution is -2.42. The van der Waals surface area contributed by atoms with Gasteiger partial charge in [0, 0.05) is 18.9 Å². The maximum atomic E-state index is 12.5. The second kappa shape index (κ2) is 6.76. The fourth-order valence-corrected chi connectivity index (χ4v) is 2.97. The van der Waals surface area contributed by atoms with Gasteiger partial charge in [-0.15, -0.1) is 0 Å². The average Bonchev–Trinajstić information content (AvgIpc) is 2.52. The Morgan fingerprint density at radius 3 is 2.24 bits per heavy atom. The molecule has 3 unspecified atom stereocenters. The molecule has 0 aliphatic heterocycles. The SMILES string of the molecule is COC1=C(OC)C(OC)C(Cc2ccccc2)C(C)C1=O. The van der Waals surface area contributed by atoms with Crippen LogP contribution in [-0.2, 0) is 25.4 Å². The highest BCUT2D eigenvalue weighted by molar-refractivity contribution is 5.97. The van der Waals surface area contributed by atoms with Crippen molar-refractivity contribution in [1.82, 2.24) is 0 Å². The Morgan fingerprint density at radius 2 is 1.71 bits per heavy atom. The van der Waals surface area contributed by atoms with E-state index in [1.165, 1.54) is 12.7 Å². The summed E-state index contributed by atoms with van der Waals surface area (Å²) in [6, 6.07) is 10.1. The Balaban J connectivity index is 2.36. The summed E-state index contributed by atoms with van der Waals surface area (Å²) >= 11 is 0. The third-order valence-electron chi connectivity index (χ3n) is 4.14. The number of methoxy groups -OCH3 is 3. The molecule has 4 heteroatoms. The summed E-state index contributed by atoms with van der Waals surface area (Å²) in [5.74, 6) is 0.594. The minimum Gasteiger partial charge on any atom is -0.494 e. The first-order chi connectivity index (χ1) is 10.1. The van der Waals surface area contributed by atoms with Gasteiger partial charge in [-0.3, -0.25) is 4.79 Å². The highest BCUT2D eigenvalue weighted by Gasteiger charge is 2.43. The van der Waals surface area contributed by atoms with Crippen molar-refractivity contribution >= 4 is 5.78 Å². The number of ketones is 1. The van der Waals surface area contributed by atoms with E-state index in [2.05, 4.69) is 12.1 Å². The first kappa shape index (κ1) is 15.6. The van der Waals surface area contributed by atoms with Crippen molar-refractivity contribution in [2.75, 3.05) is 21.3 Å². The molecule has 0 N–H and O–H groups in total. The van der Waals surface area contributed by atoms with Gasteiger partial charge in [0.2, 0.25) is 11.5 Å². The maximum absolute atomic E-state index is 12.5. The Hall–Kier alpha value is -1.81. The summed E-state index contributed by atoms with van der Waals surface area (Å²) in [6.45, 7) is 1.92. The van der Waals surface area contributed by atoms with Crippen molar-refractivity contribution in [3.05, 3.63) is 47.4 Å². The minimum absolute atomic E-state index is 0.0245. The molecule has 1 aliphatic rings. The molecule has 1 aliphatic carbocycles. The average molecular weight is 290 g/mol. The van der Waals surface area contributed by atoms with Crippen molar-refractivity contribution in [3.63, 3.8) is 0 Å². The first-order valence-corrected chi connectivity index (χ1v) is 7.07. The van der Waals surface area contributed by atoms with Crippen LogP contribution in [0.3, 0.4) is 0 Å². The van der Waals surface area contributed by atoms with Gasteiger partial charge in [0.1, 0.15) is 6.10 Å². The normalized spacial score (nSPS) is 25.9. The molecule has 2 rings (SSSR count). The number of hydrogen-bond donors (Lipinski definition) is 0. The minimum atomic E-state index is -0.280. The molecule has 114 valence electrons. The van der Waals surface area contributed by atoms with E-state index in [1.54, 1.807) is 14.2 Å². The van der Waals surface area contributed by atoms with Crippen LogP contribution in [0, 0.1) is 11.8 Å². The second-order valence-corrected chi connectivity index (χ2v) is 5.26. The van der Waals surface area contributed by atoms with Gasteiger partial charge < -0.3 is 14.2 Å². The summed E-state index contributed by atoms with van der Waals surface area (Å²) < 4.78 is 16.2. The Bertz CT molecular complexity index is 521. The molecule has 1 aromatic carbocycles. The molecule has 0 amide bonds. The van der Waals surface area contributed by atoms with E-state index in [9.17, 15) is 4.79 Å². The van der Waals surface area contributed by atoms with Crippen molar-refractivity contribution in [1.29, 1.82) is 0 Å². The number of carbonyl (C=O) groups excluding carboxylic acids is 1. The van der Waals surface area contributed by atoms with Crippen LogP contribution >= 0.6 is 0 Å². The third-order valence-corrected chi connectivity index (χ3v) is 4.14. The molecule has 0 fully saturated rings. The van der Waals surface area contributed by atoms with Crippen LogP contribution in [0.5, 0.6) is 0 Å². The highest BCUT2D eigenvalue weighted by Crippen LogP contribution is 2.36. The van der Waals surface area contributed by atoms with Crippen LogP contribution in [0.25, 0.3) is 0 Å². The van der Waals surface area contributed by atoms with Gasteiger partial charge in [0.25, 0.3) is 0 Å². The molecule has 21 heavy (non-hydrogen) atoms. The van der Waals surface area contributed by atoms with Gasteiger partial charge >= 0.3 is 0 Å². The molecular weight excluding hydrogens is 268 g/mol. The lowest BCUT2D eigenvalue weighted by Gasteiger charge is -2.36. The smallest absolute Gasteiger partial charge is 0.204 e. The zero-order chi connectivity index (χ0) is 15.4. The van der Waals surface area contributed by atoms with Gasteiger partial charge in [0.15, 0.2) is 5.76 Å². The van der Waals surface area contributed by atoms with E-state index in [1.807, 2.05) is 25.1 Å². The standard InChI is InChI=1S/C17H22O4/c1-11-13(10-12-8-6-5-7-9-12)15(19-2)17(21-4)16(20-3)14(11)18/h5-9,11,13,15H,10H2,1-4H3. The monoisotopic (exact) mass is 290 g/mol. The van der Waals surface area contributed by atoms with E-state index in [4.69, 9.17) is 14.2 Å². The van der Waals surface area contributed by atoms with Gasteiger partial charge in [-0.1, -0.05) is 37.3 Å². The van der Waals surface area contributed by atoms with E-state index >= 15 is 0 Å². The van der Waals surface area contributed by atoms with Gasteiger partial charge in [-0.2, -0.15) is 0 Å². The summed E-state index contributed by atoms with van der Waals surface area (Å²) in [5, 5.41) is 0. The molecular formula is C17H22O4. The van der Waals surface area contributed by atoms with Crippen molar-refractivity contribution in [3.8, 4) is 0 Å². The van der Waals surface area contributed by atoms with Gasteiger partial charge in [0.05, 0.1) is 14.2 Å². The third kappa shape index (κ3) is 2.95. The molecule has 0 radical (unpaired) electrons. The quantitative estimate of drug-likeness (QED) is 0.836. The number of Topliss-reactive ketones (excluding diaryl/α,β-unsaturated/α-hetero) is 1. The molecule has 0 saturated carbocycles. The van der Waals surface area contributed by atoms with E-state index in [-0.39, 0.29) is 29.5 Å². The van der Waals surface area contributed by atoms with Crippen LogP contribution in [0.4, 0.5) is 0 Å². The van der Waals surface area contributed by atoms with Crippen LogP contribution in [-0.4, -0.2) is 33.2 Å². The lowest BCUT2D eigenvalue weighted by molar-refractivity contribution is -0.129. The largest absolute Gasteiger partial charge is 0.494 e. The number of allylic oxidation sites excluding steroid dienone is 1. The Kier molecular flexibility index (Phi) is 5.02. The first-order valence-electron chi connectivity index (χ1n) is 7.07. The number of rotatable bonds is 5. The Labute approximate surface area is 125 Å². The molecule has 1 aromatic rings. The topological polar surface area (TPSA) is 44.8 Å². The molecule has 0 heterocycles. The Morgan fingerprint density at radius 1 is 1.05 bits per heavy atom. The van der Waals surface area contributed by atoms with Crippen LogP contribution in [0.2, 0.25) is 0 Å². The summed E-state index contributed by atoms with van der Waals surface area (Å²) in [7, 11) is 4.67. The van der Waals surface area contributed by atoms with E-state index in [0.717, 1.165) is 6.42 Å². The summed E-state index contributed by atoms with van der Waals surface area (Å²) in [6.07, 6.45) is 0.480. The van der Waals surface area contributed by atoms with Crippen LogP contribution in [0.1, 0.15) is 12.5 Å². The van der Waals surface area contributed by atoms with Crippen molar-refractivity contribution in [2.24, 2.45) is 11.8 Å². The fraction of sp³-hybridized carbons (Fsp3) is 0.471. The maximum Gasteiger partial charge on any atom is 0.204 e. The molecule has 3 atom stereocenters. The van der Waals surface area contributed by atoms with Crippen molar-refractivity contribution in [2.45, 2.75) is 19.4 Å². The fourth-order valence-electron chi connectivity index (χ4n) is 2.97. The number of hydrogen-bond acceptors (Lipinski definition) is 4. The van der Waals surface area contributed by atoms with Gasteiger partial charge in [-0.25, -0.2) is 0 Å². The van der Waals surface area contributed by atoms with E-state index in [0.29, 0.717) is 5.76 Å². The van der Waals surface area contributed by atoms with Crippen LogP contribution < -0.4 is 0 Å². The number of carbonyl (C=O) groups is 1. The zero-order valence-electron chi connectivity index (χ0n) is 13.0. The second-order valence-electron chi connectivity index (χ2n) is 5.26. The predicted octanol–water partition coefficient (Wildman–Crippen LogP) is 2.58. The van der Waals surface area contributed by atoms with Crippen molar-refractivity contribution < 1.29 is 19.0 Å². The summed E-state index contributed by atoms with van der Waals surface area (Å²) in [5.41, 5.74) is 1.18.